The zero-order valence-corrected chi connectivity index (χ0v) is 12.6. The summed E-state index contributed by atoms with van der Waals surface area (Å²) in [4.78, 5) is 0. The number of nitrogens with one attached hydrogen (secondary N) is 1. The predicted molar refractivity (Wildman–Crippen MR) is 78.5 cm³/mol. The van der Waals surface area contributed by atoms with E-state index >= 15 is 0 Å². The highest BCUT2D eigenvalue weighted by molar-refractivity contribution is 5.41. The van der Waals surface area contributed by atoms with Crippen LogP contribution in [0, 0.1) is 6.92 Å². The Balaban J connectivity index is 2.77. The maximum Gasteiger partial charge on any atom is 0.123 e. The number of hydrogen-bond donors (Lipinski definition) is 1. The van der Waals surface area contributed by atoms with E-state index in [2.05, 4.69) is 58.1 Å². The summed E-state index contributed by atoms with van der Waals surface area (Å²) in [5.74, 6) is 1.03. The summed E-state index contributed by atoms with van der Waals surface area (Å²) < 4.78 is 5.98. The summed E-state index contributed by atoms with van der Waals surface area (Å²) in [6, 6.07) is 6.98. The second-order valence-corrected chi connectivity index (χ2v) is 6.08. The molecule has 1 rings (SSSR count). The minimum Gasteiger partial charge on any atom is -0.493 e. The molecule has 0 heterocycles. The van der Waals surface area contributed by atoms with Crippen molar-refractivity contribution in [1.82, 2.24) is 5.32 Å². The zero-order chi connectivity index (χ0) is 13.8. The Hall–Kier alpha value is -1.02. The van der Waals surface area contributed by atoms with Gasteiger partial charge >= 0.3 is 0 Å². The smallest absolute Gasteiger partial charge is 0.123 e. The monoisotopic (exact) mass is 249 g/mol. The largest absolute Gasteiger partial charge is 0.493 e. The molecule has 0 saturated carbocycles. The molecule has 2 nitrogen and oxygen atoms in total. The Labute approximate surface area is 112 Å². The van der Waals surface area contributed by atoms with E-state index in [9.17, 15) is 0 Å². The summed E-state index contributed by atoms with van der Waals surface area (Å²) in [6.07, 6.45) is 1.02. The molecule has 1 aromatic rings. The molecule has 0 saturated heterocycles. The summed E-state index contributed by atoms with van der Waals surface area (Å²) in [5, 5.41) is 3.23. The van der Waals surface area contributed by atoms with Gasteiger partial charge in [0.05, 0.1) is 6.61 Å². The number of rotatable bonds is 5. The third kappa shape index (κ3) is 4.34. The molecule has 18 heavy (non-hydrogen) atoms. The molecule has 0 radical (unpaired) electrons. The van der Waals surface area contributed by atoms with E-state index in [0.29, 0.717) is 6.04 Å². The molecule has 1 aromatic carbocycles. The normalized spacial score (nSPS) is 13.4. The van der Waals surface area contributed by atoms with Gasteiger partial charge in [-0.1, -0.05) is 32.9 Å². The standard InChI is InChI=1S/C16H27NO/c1-12-7-8-14(16(3,4)5)15(11-12)18-10-9-13(2)17-6/h7-8,11,13,17H,9-10H2,1-6H3. The number of benzene rings is 1. The third-order valence-electron chi connectivity index (χ3n) is 3.25. The predicted octanol–water partition coefficient (Wildman–Crippen LogP) is 3.67. The molecule has 0 spiro atoms. The van der Waals surface area contributed by atoms with E-state index in [1.54, 1.807) is 0 Å². The molecule has 0 bridgehead atoms. The number of hydrogen-bond acceptors (Lipinski definition) is 2. The topological polar surface area (TPSA) is 21.3 Å². The first-order valence-corrected chi connectivity index (χ1v) is 6.76. The molecule has 0 amide bonds. The first-order chi connectivity index (χ1) is 8.34. The van der Waals surface area contributed by atoms with Gasteiger partial charge in [0.2, 0.25) is 0 Å². The quantitative estimate of drug-likeness (QED) is 0.859. The van der Waals surface area contributed by atoms with Crippen molar-refractivity contribution >= 4 is 0 Å². The number of aryl methyl sites for hydroxylation is 1. The first kappa shape index (κ1) is 15.0. The van der Waals surface area contributed by atoms with E-state index in [1.165, 1.54) is 11.1 Å². The molecule has 1 unspecified atom stereocenters. The van der Waals surface area contributed by atoms with E-state index in [1.807, 2.05) is 7.05 Å². The van der Waals surface area contributed by atoms with Crippen molar-refractivity contribution < 1.29 is 4.74 Å². The van der Waals surface area contributed by atoms with Crippen LogP contribution in [0.1, 0.15) is 45.2 Å². The van der Waals surface area contributed by atoms with Crippen LogP contribution in [0.3, 0.4) is 0 Å². The van der Waals surface area contributed by atoms with Crippen LogP contribution in [0.15, 0.2) is 18.2 Å². The molecule has 102 valence electrons. The summed E-state index contributed by atoms with van der Waals surface area (Å²) in [5.41, 5.74) is 2.65. The molecule has 0 aliphatic carbocycles. The van der Waals surface area contributed by atoms with Gasteiger partial charge in [-0.2, -0.15) is 0 Å². The average Bonchev–Trinajstić information content (AvgIpc) is 2.27. The van der Waals surface area contributed by atoms with Crippen LogP contribution < -0.4 is 10.1 Å². The van der Waals surface area contributed by atoms with Gasteiger partial charge in [0, 0.05) is 6.04 Å². The van der Waals surface area contributed by atoms with Gasteiger partial charge in [-0.25, -0.2) is 0 Å². The minimum atomic E-state index is 0.123. The summed E-state index contributed by atoms with van der Waals surface area (Å²) >= 11 is 0. The van der Waals surface area contributed by atoms with Crippen LogP contribution in [0.2, 0.25) is 0 Å². The lowest BCUT2D eigenvalue weighted by Crippen LogP contribution is -2.23. The molecule has 2 heteroatoms. The zero-order valence-electron chi connectivity index (χ0n) is 12.6. The second kappa shape index (κ2) is 6.24. The molecule has 0 aliphatic rings. The lowest BCUT2D eigenvalue weighted by atomic mass is 9.86. The fourth-order valence-electron chi connectivity index (χ4n) is 1.86. The van der Waals surface area contributed by atoms with Crippen molar-refractivity contribution in [3.8, 4) is 5.75 Å². The Morgan fingerprint density at radius 1 is 1.28 bits per heavy atom. The highest BCUT2D eigenvalue weighted by atomic mass is 16.5. The molecule has 0 aliphatic heterocycles. The molecular weight excluding hydrogens is 222 g/mol. The van der Waals surface area contributed by atoms with Crippen LogP contribution in [-0.2, 0) is 5.41 Å². The van der Waals surface area contributed by atoms with Crippen molar-refractivity contribution in [2.45, 2.75) is 52.5 Å². The van der Waals surface area contributed by atoms with Gasteiger partial charge in [-0.05, 0) is 49.9 Å². The van der Waals surface area contributed by atoms with Crippen molar-refractivity contribution in [3.05, 3.63) is 29.3 Å². The highest BCUT2D eigenvalue weighted by Crippen LogP contribution is 2.32. The Bertz CT molecular complexity index is 379. The second-order valence-electron chi connectivity index (χ2n) is 6.08. The Morgan fingerprint density at radius 2 is 1.94 bits per heavy atom. The lowest BCUT2D eigenvalue weighted by Gasteiger charge is -2.23. The van der Waals surface area contributed by atoms with Crippen LogP contribution in [0.5, 0.6) is 5.75 Å². The molecule has 0 fully saturated rings. The Morgan fingerprint density at radius 3 is 2.50 bits per heavy atom. The molecule has 0 aromatic heterocycles. The number of ether oxygens (including phenoxy) is 1. The minimum absolute atomic E-state index is 0.123. The van der Waals surface area contributed by atoms with E-state index < -0.39 is 0 Å². The van der Waals surface area contributed by atoms with Gasteiger partial charge in [0.1, 0.15) is 5.75 Å². The SMILES string of the molecule is CNC(C)CCOc1cc(C)ccc1C(C)(C)C. The van der Waals surface area contributed by atoms with Gasteiger partial charge in [-0.15, -0.1) is 0 Å². The summed E-state index contributed by atoms with van der Waals surface area (Å²) in [6.45, 7) is 11.7. The third-order valence-corrected chi connectivity index (χ3v) is 3.25. The molecule has 1 N–H and O–H groups in total. The molecular formula is C16H27NO. The molecule has 1 atom stereocenters. The van der Waals surface area contributed by atoms with E-state index in [0.717, 1.165) is 18.8 Å². The highest BCUT2D eigenvalue weighted by Gasteiger charge is 2.18. The average molecular weight is 249 g/mol. The lowest BCUT2D eigenvalue weighted by molar-refractivity contribution is 0.286. The first-order valence-electron chi connectivity index (χ1n) is 6.76. The summed E-state index contributed by atoms with van der Waals surface area (Å²) in [7, 11) is 1.98. The van der Waals surface area contributed by atoms with Gasteiger partial charge < -0.3 is 10.1 Å². The van der Waals surface area contributed by atoms with Crippen LogP contribution >= 0.6 is 0 Å². The van der Waals surface area contributed by atoms with Gasteiger partial charge in [0.25, 0.3) is 0 Å². The van der Waals surface area contributed by atoms with Crippen molar-refractivity contribution in [3.63, 3.8) is 0 Å². The maximum atomic E-state index is 5.98. The maximum absolute atomic E-state index is 5.98. The van der Waals surface area contributed by atoms with Crippen LogP contribution in [0.4, 0.5) is 0 Å². The van der Waals surface area contributed by atoms with Gasteiger partial charge in [-0.3, -0.25) is 0 Å². The van der Waals surface area contributed by atoms with E-state index in [4.69, 9.17) is 4.74 Å². The van der Waals surface area contributed by atoms with Crippen molar-refractivity contribution in [1.29, 1.82) is 0 Å². The van der Waals surface area contributed by atoms with Crippen molar-refractivity contribution in [2.24, 2.45) is 0 Å². The Kier molecular flexibility index (Phi) is 5.21. The fourth-order valence-corrected chi connectivity index (χ4v) is 1.86. The fraction of sp³-hybridized carbons (Fsp3) is 0.625. The van der Waals surface area contributed by atoms with E-state index in [-0.39, 0.29) is 5.41 Å². The van der Waals surface area contributed by atoms with Crippen LogP contribution in [-0.4, -0.2) is 19.7 Å². The van der Waals surface area contributed by atoms with Gasteiger partial charge in [0.15, 0.2) is 0 Å². The van der Waals surface area contributed by atoms with Crippen LogP contribution in [0.25, 0.3) is 0 Å². The van der Waals surface area contributed by atoms with Crippen molar-refractivity contribution in [2.75, 3.05) is 13.7 Å².